The summed E-state index contributed by atoms with van der Waals surface area (Å²) in [7, 11) is 1.77. The first-order chi connectivity index (χ1) is 11.0. The smallest absolute Gasteiger partial charge is 0.226 e. The maximum Gasteiger partial charge on any atom is 0.226 e. The summed E-state index contributed by atoms with van der Waals surface area (Å²) in [5.41, 5.74) is 0.864. The van der Waals surface area contributed by atoms with Crippen LogP contribution in [-0.2, 0) is 14.3 Å². The van der Waals surface area contributed by atoms with Crippen LogP contribution < -0.4 is 0 Å². The van der Waals surface area contributed by atoms with Gasteiger partial charge in [0.15, 0.2) is 0 Å². The molecule has 2 heterocycles. The highest BCUT2D eigenvalue weighted by Crippen LogP contribution is 2.26. The predicted octanol–water partition coefficient (Wildman–Crippen LogP) is 1.59. The third kappa shape index (κ3) is 3.52. The van der Waals surface area contributed by atoms with Crippen LogP contribution in [-0.4, -0.2) is 54.9 Å². The maximum atomic E-state index is 13.0. The zero-order valence-electron chi connectivity index (χ0n) is 13.2. The number of hydrogen-bond acceptors (Lipinski definition) is 3. The minimum absolute atomic E-state index is 0.0259. The van der Waals surface area contributed by atoms with Crippen LogP contribution in [0.1, 0.15) is 24.5 Å². The zero-order valence-corrected chi connectivity index (χ0v) is 13.2. The van der Waals surface area contributed by atoms with E-state index >= 15 is 0 Å². The second kappa shape index (κ2) is 6.66. The fourth-order valence-corrected chi connectivity index (χ4v) is 3.14. The van der Waals surface area contributed by atoms with Gasteiger partial charge >= 0.3 is 0 Å². The molecule has 2 amide bonds. The Morgan fingerprint density at radius 2 is 2.00 bits per heavy atom. The van der Waals surface area contributed by atoms with Crippen LogP contribution in [0.5, 0.6) is 0 Å². The van der Waals surface area contributed by atoms with Crippen molar-refractivity contribution < 1.29 is 18.7 Å². The van der Waals surface area contributed by atoms with E-state index in [2.05, 4.69) is 0 Å². The van der Waals surface area contributed by atoms with Gasteiger partial charge in [-0.3, -0.25) is 9.59 Å². The summed E-state index contributed by atoms with van der Waals surface area (Å²) in [5.74, 6) is -0.465. The van der Waals surface area contributed by atoms with Gasteiger partial charge in [-0.05, 0) is 24.1 Å². The van der Waals surface area contributed by atoms with E-state index in [0.29, 0.717) is 32.7 Å². The molecule has 2 unspecified atom stereocenters. The molecule has 0 radical (unpaired) electrons. The standard InChI is InChI=1S/C17H21FN2O3/c1-19-7-6-13(10-16(19)21)17(22)20-8-9-23-15(11-20)12-2-4-14(18)5-3-12/h2-5,13,15H,6-11H2,1H3. The van der Waals surface area contributed by atoms with Gasteiger partial charge in [0.25, 0.3) is 0 Å². The van der Waals surface area contributed by atoms with Crippen molar-refractivity contribution in [2.45, 2.75) is 18.9 Å². The molecule has 0 saturated carbocycles. The zero-order chi connectivity index (χ0) is 16.4. The molecule has 23 heavy (non-hydrogen) atoms. The van der Waals surface area contributed by atoms with E-state index in [1.165, 1.54) is 12.1 Å². The molecule has 1 aromatic carbocycles. The van der Waals surface area contributed by atoms with Crippen molar-refractivity contribution in [1.82, 2.24) is 9.80 Å². The highest BCUT2D eigenvalue weighted by atomic mass is 19.1. The third-order valence-corrected chi connectivity index (χ3v) is 4.63. The first kappa shape index (κ1) is 15.9. The van der Waals surface area contributed by atoms with Gasteiger partial charge in [0.2, 0.25) is 11.8 Å². The van der Waals surface area contributed by atoms with Crippen molar-refractivity contribution in [1.29, 1.82) is 0 Å². The second-order valence-electron chi connectivity index (χ2n) is 6.20. The van der Waals surface area contributed by atoms with Crippen LogP contribution in [0.15, 0.2) is 24.3 Å². The maximum absolute atomic E-state index is 13.0. The summed E-state index contributed by atoms with van der Waals surface area (Å²) in [5, 5.41) is 0. The highest BCUT2D eigenvalue weighted by molar-refractivity contribution is 5.87. The first-order valence-corrected chi connectivity index (χ1v) is 7.94. The van der Waals surface area contributed by atoms with Gasteiger partial charge in [-0.1, -0.05) is 12.1 Å². The normalized spacial score (nSPS) is 25.6. The molecule has 6 heteroatoms. The number of carbonyl (C=O) groups is 2. The summed E-state index contributed by atoms with van der Waals surface area (Å²) in [6, 6.07) is 6.17. The molecule has 0 spiro atoms. The molecular weight excluding hydrogens is 299 g/mol. The summed E-state index contributed by atoms with van der Waals surface area (Å²) < 4.78 is 18.7. The molecule has 5 nitrogen and oxygen atoms in total. The average Bonchev–Trinajstić information content (AvgIpc) is 2.57. The summed E-state index contributed by atoms with van der Waals surface area (Å²) in [4.78, 5) is 27.9. The van der Waals surface area contributed by atoms with Gasteiger partial charge in [-0.15, -0.1) is 0 Å². The van der Waals surface area contributed by atoms with E-state index in [1.54, 1.807) is 29.0 Å². The Hall–Kier alpha value is -1.95. The predicted molar refractivity (Wildman–Crippen MR) is 82.0 cm³/mol. The number of likely N-dealkylation sites (tertiary alicyclic amines) is 1. The average molecular weight is 320 g/mol. The lowest BCUT2D eigenvalue weighted by atomic mass is 9.94. The van der Waals surface area contributed by atoms with Crippen molar-refractivity contribution in [3.63, 3.8) is 0 Å². The molecular formula is C17H21FN2O3. The Bertz CT molecular complexity index is 590. The Morgan fingerprint density at radius 3 is 2.70 bits per heavy atom. The molecule has 0 bridgehead atoms. The first-order valence-electron chi connectivity index (χ1n) is 7.94. The molecule has 1 aromatic rings. The van der Waals surface area contributed by atoms with Crippen LogP contribution in [0, 0.1) is 11.7 Å². The van der Waals surface area contributed by atoms with E-state index in [1.807, 2.05) is 0 Å². The number of rotatable bonds is 2. The number of benzene rings is 1. The minimum atomic E-state index is -0.290. The number of ether oxygens (including phenoxy) is 1. The molecule has 2 aliphatic rings. The van der Waals surface area contributed by atoms with Crippen LogP contribution in [0.4, 0.5) is 4.39 Å². The minimum Gasteiger partial charge on any atom is -0.370 e. The van der Waals surface area contributed by atoms with E-state index in [4.69, 9.17) is 4.74 Å². The molecule has 0 aromatic heterocycles. The van der Waals surface area contributed by atoms with Crippen molar-refractivity contribution >= 4 is 11.8 Å². The van der Waals surface area contributed by atoms with Crippen molar-refractivity contribution in [2.24, 2.45) is 5.92 Å². The number of hydrogen-bond donors (Lipinski definition) is 0. The van der Waals surface area contributed by atoms with Gasteiger partial charge in [-0.2, -0.15) is 0 Å². The van der Waals surface area contributed by atoms with Crippen molar-refractivity contribution in [3.05, 3.63) is 35.6 Å². The van der Waals surface area contributed by atoms with Crippen LogP contribution in [0.3, 0.4) is 0 Å². The third-order valence-electron chi connectivity index (χ3n) is 4.63. The highest BCUT2D eigenvalue weighted by Gasteiger charge is 2.34. The van der Waals surface area contributed by atoms with E-state index in [9.17, 15) is 14.0 Å². The second-order valence-corrected chi connectivity index (χ2v) is 6.20. The monoisotopic (exact) mass is 320 g/mol. The van der Waals surface area contributed by atoms with Crippen LogP contribution in [0.2, 0.25) is 0 Å². The lowest BCUT2D eigenvalue weighted by Gasteiger charge is -2.37. The molecule has 2 fully saturated rings. The van der Waals surface area contributed by atoms with Gasteiger partial charge in [-0.25, -0.2) is 4.39 Å². The molecule has 124 valence electrons. The Morgan fingerprint density at radius 1 is 1.26 bits per heavy atom. The van der Waals surface area contributed by atoms with Gasteiger partial charge in [0, 0.05) is 32.5 Å². The SMILES string of the molecule is CN1CCC(C(=O)N2CCOC(c3ccc(F)cc3)C2)CC1=O. The number of piperidine rings is 1. The number of morpholine rings is 1. The largest absolute Gasteiger partial charge is 0.370 e. The van der Waals surface area contributed by atoms with Gasteiger partial charge in [0.1, 0.15) is 11.9 Å². The topological polar surface area (TPSA) is 49.9 Å². The van der Waals surface area contributed by atoms with Gasteiger partial charge < -0.3 is 14.5 Å². The lowest BCUT2D eigenvalue weighted by Crippen LogP contribution is -2.48. The molecule has 2 saturated heterocycles. The Kier molecular flexibility index (Phi) is 4.61. The lowest BCUT2D eigenvalue weighted by molar-refractivity contribution is -0.149. The fraction of sp³-hybridized carbons (Fsp3) is 0.529. The molecule has 3 rings (SSSR count). The van der Waals surface area contributed by atoms with E-state index < -0.39 is 0 Å². The van der Waals surface area contributed by atoms with E-state index in [0.717, 1.165) is 5.56 Å². The van der Waals surface area contributed by atoms with Gasteiger partial charge in [0.05, 0.1) is 13.2 Å². The Labute approximate surface area is 135 Å². The van der Waals surface area contributed by atoms with E-state index in [-0.39, 0.29) is 36.1 Å². The summed E-state index contributed by atoms with van der Waals surface area (Å²) >= 11 is 0. The fourth-order valence-electron chi connectivity index (χ4n) is 3.14. The number of carbonyl (C=O) groups excluding carboxylic acids is 2. The number of halogens is 1. The molecule has 0 aliphatic carbocycles. The summed E-state index contributed by atoms with van der Waals surface area (Å²) in [6.45, 7) is 2.07. The van der Waals surface area contributed by atoms with Crippen LogP contribution in [0.25, 0.3) is 0 Å². The van der Waals surface area contributed by atoms with Crippen LogP contribution >= 0.6 is 0 Å². The quantitative estimate of drug-likeness (QED) is 0.831. The number of nitrogens with zero attached hydrogens (tertiary/aromatic N) is 2. The van der Waals surface area contributed by atoms with Crippen molar-refractivity contribution in [2.75, 3.05) is 33.3 Å². The van der Waals surface area contributed by atoms with Crippen molar-refractivity contribution in [3.8, 4) is 0 Å². The number of amides is 2. The molecule has 2 aliphatic heterocycles. The Balaban J connectivity index is 1.65. The molecule has 2 atom stereocenters. The molecule has 0 N–H and O–H groups in total. The summed E-state index contributed by atoms with van der Waals surface area (Å²) in [6.07, 6.45) is 0.753.